The van der Waals surface area contributed by atoms with Gasteiger partial charge < -0.3 is 15.5 Å². The number of rotatable bonds is 6. The molecule has 3 atom stereocenters. The Balaban J connectivity index is 1.33. The highest BCUT2D eigenvalue weighted by Gasteiger charge is 2.35. The lowest BCUT2D eigenvalue weighted by atomic mass is 9.98. The van der Waals surface area contributed by atoms with Crippen LogP contribution in [0.3, 0.4) is 0 Å². The Labute approximate surface area is 223 Å². The summed E-state index contributed by atoms with van der Waals surface area (Å²) in [4.78, 5) is 27.9. The summed E-state index contributed by atoms with van der Waals surface area (Å²) in [6, 6.07) is 17.3. The zero-order valence-electron chi connectivity index (χ0n) is 21.7. The number of likely N-dealkylation sites (tertiary alicyclic amines) is 1. The molecule has 2 aliphatic heterocycles. The number of carbonyl (C=O) groups is 2. The summed E-state index contributed by atoms with van der Waals surface area (Å²) < 4.78 is 30.0. The smallest absolute Gasteiger partial charge is 0.255 e. The summed E-state index contributed by atoms with van der Waals surface area (Å²) in [5.41, 5.74) is 1.98. The second kappa shape index (κ2) is 10.8. The van der Waals surface area contributed by atoms with Crippen molar-refractivity contribution in [3.8, 4) is 0 Å². The van der Waals surface area contributed by atoms with Gasteiger partial charge in [-0.3, -0.25) is 9.59 Å². The first kappa shape index (κ1) is 26.3. The number of benzene rings is 3. The number of amides is 2. The molecule has 200 valence electrons. The first-order chi connectivity index (χ1) is 18.2. The molecule has 38 heavy (non-hydrogen) atoms. The van der Waals surface area contributed by atoms with Gasteiger partial charge in [-0.1, -0.05) is 42.5 Å². The first-order valence-corrected chi connectivity index (χ1v) is 14.7. The lowest BCUT2D eigenvalue weighted by molar-refractivity contribution is -0.136. The molecule has 0 spiro atoms. The van der Waals surface area contributed by atoms with E-state index in [9.17, 15) is 18.0 Å². The second-order valence-corrected chi connectivity index (χ2v) is 12.0. The minimum absolute atomic E-state index is 0.0536. The Hall–Kier alpha value is -3.27. The Kier molecular flexibility index (Phi) is 7.52. The van der Waals surface area contributed by atoms with Crippen LogP contribution in [-0.2, 0) is 14.8 Å². The number of carbonyl (C=O) groups excluding carboxylic acids is 2. The van der Waals surface area contributed by atoms with Crippen molar-refractivity contribution in [3.05, 3.63) is 71.8 Å². The summed E-state index contributed by atoms with van der Waals surface area (Å²) in [6.45, 7) is 5.25. The third kappa shape index (κ3) is 5.32. The monoisotopic (exact) mass is 534 g/mol. The predicted molar refractivity (Wildman–Crippen MR) is 149 cm³/mol. The number of hydrogen-bond acceptors (Lipinski definition) is 5. The molecule has 8 nitrogen and oxygen atoms in total. The maximum absolute atomic E-state index is 13.6. The van der Waals surface area contributed by atoms with Gasteiger partial charge in [0.1, 0.15) is 0 Å². The van der Waals surface area contributed by atoms with Crippen LogP contribution in [0.1, 0.15) is 48.5 Å². The minimum atomic E-state index is -3.85. The number of piperidine rings is 1. The van der Waals surface area contributed by atoms with Crippen LogP contribution in [0.25, 0.3) is 10.8 Å². The second-order valence-electron chi connectivity index (χ2n) is 10.3. The van der Waals surface area contributed by atoms with Crippen LogP contribution in [0, 0.1) is 6.92 Å². The fourth-order valence-electron chi connectivity index (χ4n) is 5.63. The molecule has 0 bridgehead atoms. The van der Waals surface area contributed by atoms with Crippen molar-refractivity contribution in [2.75, 3.05) is 18.4 Å². The number of anilines is 1. The van der Waals surface area contributed by atoms with E-state index in [1.165, 1.54) is 0 Å². The largest absolute Gasteiger partial charge is 0.339 e. The summed E-state index contributed by atoms with van der Waals surface area (Å²) in [7, 11) is -3.85. The maximum atomic E-state index is 13.6. The van der Waals surface area contributed by atoms with E-state index in [1.54, 1.807) is 36.4 Å². The average Bonchev–Trinajstić information content (AvgIpc) is 3.43. The van der Waals surface area contributed by atoms with Gasteiger partial charge in [0.2, 0.25) is 15.9 Å². The highest BCUT2D eigenvalue weighted by molar-refractivity contribution is 7.89. The van der Waals surface area contributed by atoms with Crippen molar-refractivity contribution in [2.24, 2.45) is 0 Å². The number of nitrogens with zero attached hydrogens (tertiary/aromatic N) is 1. The lowest BCUT2D eigenvalue weighted by Gasteiger charge is -2.39. The molecule has 0 saturated carbocycles. The average molecular weight is 535 g/mol. The molecule has 2 amide bonds. The third-order valence-corrected chi connectivity index (χ3v) is 9.23. The Morgan fingerprint density at radius 2 is 1.74 bits per heavy atom. The highest BCUT2D eigenvalue weighted by Crippen LogP contribution is 2.30. The quantitative estimate of drug-likeness (QED) is 0.446. The Morgan fingerprint density at radius 3 is 2.47 bits per heavy atom. The minimum Gasteiger partial charge on any atom is -0.339 e. The molecule has 0 unspecified atom stereocenters. The van der Waals surface area contributed by atoms with E-state index in [-0.39, 0.29) is 34.8 Å². The van der Waals surface area contributed by atoms with Gasteiger partial charge in [0, 0.05) is 40.7 Å². The van der Waals surface area contributed by atoms with Gasteiger partial charge in [0.25, 0.3) is 5.91 Å². The molecule has 0 radical (unpaired) electrons. The van der Waals surface area contributed by atoms with E-state index in [4.69, 9.17) is 0 Å². The lowest BCUT2D eigenvalue weighted by Crippen LogP contribution is -2.54. The molecule has 2 heterocycles. The number of sulfonamides is 1. The number of nitrogens with one attached hydrogen (secondary N) is 3. The number of fused-ring (bicyclic) bond motifs is 1. The van der Waals surface area contributed by atoms with Gasteiger partial charge in [-0.2, -0.15) is 0 Å². The van der Waals surface area contributed by atoms with E-state index < -0.39 is 10.0 Å². The van der Waals surface area contributed by atoms with E-state index in [0.717, 1.165) is 24.9 Å². The van der Waals surface area contributed by atoms with Crippen LogP contribution >= 0.6 is 0 Å². The van der Waals surface area contributed by atoms with E-state index in [1.807, 2.05) is 43.0 Å². The zero-order valence-corrected chi connectivity index (χ0v) is 22.6. The summed E-state index contributed by atoms with van der Waals surface area (Å²) in [5.74, 6) is -0.129. The van der Waals surface area contributed by atoms with Crippen molar-refractivity contribution in [1.82, 2.24) is 14.9 Å². The van der Waals surface area contributed by atoms with Gasteiger partial charge in [0.05, 0.1) is 10.9 Å². The molecule has 3 aromatic carbocycles. The van der Waals surface area contributed by atoms with Crippen molar-refractivity contribution in [1.29, 1.82) is 0 Å². The van der Waals surface area contributed by atoms with Gasteiger partial charge in [-0.15, -0.1) is 0 Å². The van der Waals surface area contributed by atoms with Gasteiger partial charge in [-0.25, -0.2) is 13.1 Å². The normalized spacial score (nSPS) is 21.9. The molecule has 9 heteroatoms. The Morgan fingerprint density at radius 1 is 0.974 bits per heavy atom. The standard InChI is InChI=1S/C29H34N4O4S/c1-19-8-3-4-9-22(19)28(34)31-25-12-5-11-24-23(25)10-6-14-27(24)38(36,37)32-21-15-17-33(20(2)18-21)29(35)26-13-7-16-30-26/h3-6,8-12,14,20-21,26,30,32H,7,13,15-18H2,1-2H3,(H,31,34)/t20-,21-,26-/m0/s1. The molecule has 0 aromatic heterocycles. The predicted octanol–water partition coefficient (Wildman–Crippen LogP) is 3.81. The van der Waals surface area contributed by atoms with Crippen LogP contribution in [0.5, 0.6) is 0 Å². The van der Waals surface area contributed by atoms with E-state index in [0.29, 0.717) is 41.4 Å². The number of hydrogen-bond donors (Lipinski definition) is 3. The summed E-state index contributed by atoms with van der Waals surface area (Å²) in [6.07, 6.45) is 2.97. The molecular formula is C29H34N4O4S. The fourth-order valence-corrected chi connectivity index (χ4v) is 7.13. The first-order valence-electron chi connectivity index (χ1n) is 13.2. The van der Waals surface area contributed by atoms with E-state index in [2.05, 4.69) is 15.4 Å². The van der Waals surface area contributed by atoms with Gasteiger partial charge >= 0.3 is 0 Å². The summed E-state index contributed by atoms with van der Waals surface area (Å²) >= 11 is 0. The van der Waals surface area contributed by atoms with Gasteiger partial charge in [-0.05, 0) is 69.8 Å². The molecule has 2 fully saturated rings. The van der Waals surface area contributed by atoms with Crippen molar-refractivity contribution >= 4 is 38.3 Å². The topological polar surface area (TPSA) is 108 Å². The molecule has 5 rings (SSSR count). The molecule has 2 aliphatic rings. The summed E-state index contributed by atoms with van der Waals surface area (Å²) in [5, 5.41) is 7.40. The highest BCUT2D eigenvalue weighted by atomic mass is 32.2. The van der Waals surface area contributed by atoms with Crippen molar-refractivity contribution in [2.45, 2.75) is 62.6 Å². The van der Waals surface area contributed by atoms with Gasteiger partial charge in [0.15, 0.2) is 0 Å². The molecule has 2 saturated heterocycles. The van der Waals surface area contributed by atoms with Crippen LogP contribution in [0.15, 0.2) is 65.6 Å². The molecule has 0 aliphatic carbocycles. The SMILES string of the molecule is Cc1ccccc1C(=O)Nc1cccc2c(S(=O)(=O)N[C@H]3CCN(C(=O)[C@@H]4CCCN4)[C@@H](C)C3)cccc12. The van der Waals surface area contributed by atoms with Crippen molar-refractivity contribution < 1.29 is 18.0 Å². The molecule has 3 aromatic rings. The molecule has 3 N–H and O–H groups in total. The third-order valence-electron chi connectivity index (χ3n) is 7.65. The van der Waals surface area contributed by atoms with Crippen LogP contribution in [0.2, 0.25) is 0 Å². The van der Waals surface area contributed by atoms with Crippen LogP contribution < -0.4 is 15.4 Å². The molecular weight excluding hydrogens is 500 g/mol. The zero-order chi connectivity index (χ0) is 26.9. The number of aryl methyl sites for hydroxylation is 1. The maximum Gasteiger partial charge on any atom is 0.255 e. The van der Waals surface area contributed by atoms with Crippen molar-refractivity contribution in [3.63, 3.8) is 0 Å². The van der Waals surface area contributed by atoms with Crippen LogP contribution in [-0.4, -0.2) is 56.3 Å². The fraction of sp³-hybridized carbons (Fsp3) is 0.379. The van der Waals surface area contributed by atoms with E-state index >= 15 is 0 Å². The van der Waals surface area contributed by atoms with Crippen LogP contribution in [0.4, 0.5) is 5.69 Å². The Bertz CT molecular complexity index is 1470.